The minimum atomic E-state index is -0.731. The molecule has 0 spiro atoms. The number of nitriles is 2. The molecule has 0 saturated heterocycles. The molecule has 174 valence electrons. The van der Waals surface area contributed by atoms with Gasteiger partial charge in [0.25, 0.3) is 0 Å². The van der Waals surface area contributed by atoms with E-state index in [1.807, 2.05) is 47.8 Å². The van der Waals surface area contributed by atoms with Crippen LogP contribution < -0.4 is 5.73 Å². The number of aromatic nitrogens is 1. The van der Waals surface area contributed by atoms with E-state index in [1.165, 1.54) is 11.8 Å². The van der Waals surface area contributed by atoms with Crippen molar-refractivity contribution in [2.45, 2.75) is 17.9 Å². The molecule has 0 unspecified atom stereocenters. The Hall–Kier alpha value is -4.05. The van der Waals surface area contributed by atoms with Crippen LogP contribution in [0.1, 0.15) is 24.0 Å². The average Bonchev–Trinajstić information content (AvgIpc) is 3.42. The lowest BCUT2D eigenvalue weighted by Gasteiger charge is -2.28. The van der Waals surface area contributed by atoms with Gasteiger partial charge in [0.15, 0.2) is 0 Å². The molecule has 0 radical (unpaired) electrons. The minimum absolute atomic E-state index is 0.0641. The topological polar surface area (TPSA) is 122 Å². The SMILES string of the molecule is CCOC(=O)C1=C(CSc2nc(-c3cccs3)ccc2C#N)OC(N)=C(C#N)[C@@H]1c1ccccc1. The zero-order valence-electron chi connectivity index (χ0n) is 18.7. The summed E-state index contributed by atoms with van der Waals surface area (Å²) in [7, 11) is 0. The largest absolute Gasteiger partial charge is 0.463 e. The van der Waals surface area contributed by atoms with Gasteiger partial charge in [-0.15, -0.1) is 11.3 Å². The average molecular weight is 501 g/mol. The number of carbonyl (C=O) groups excluding carboxylic acids is 1. The summed E-state index contributed by atoms with van der Waals surface area (Å²) in [5.74, 6) is -0.952. The molecule has 0 aliphatic carbocycles. The molecule has 2 aromatic heterocycles. The van der Waals surface area contributed by atoms with Crippen LogP contribution in [0.4, 0.5) is 0 Å². The number of nitrogens with two attached hydrogens (primary N) is 1. The maximum Gasteiger partial charge on any atom is 0.338 e. The first-order valence-corrected chi connectivity index (χ1v) is 12.5. The van der Waals surface area contributed by atoms with Gasteiger partial charge in [-0.3, -0.25) is 0 Å². The van der Waals surface area contributed by atoms with Gasteiger partial charge in [-0.05, 0) is 36.1 Å². The maximum absolute atomic E-state index is 13.1. The second-order valence-electron chi connectivity index (χ2n) is 7.32. The molecule has 1 aliphatic heterocycles. The molecule has 0 bridgehead atoms. The normalized spacial score (nSPS) is 15.2. The van der Waals surface area contributed by atoms with Crippen molar-refractivity contribution in [2.75, 3.05) is 12.4 Å². The molecule has 4 rings (SSSR count). The Morgan fingerprint density at radius 3 is 2.63 bits per heavy atom. The van der Waals surface area contributed by atoms with Crippen molar-refractivity contribution < 1.29 is 14.3 Å². The lowest BCUT2D eigenvalue weighted by atomic mass is 9.83. The van der Waals surface area contributed by atoms with Gasteiger partial charge >= 0.3 is 5.97 Å². The Morgan fingerprint density at radius 2 is 1.97 bits per heavy atom. The molecule has 0 saturated carbocycles. The van der Waals surface area contributed by atoms with Crippen LogP contribution in [0.3, 0.4) is 0 Å². The lowest BCUT2D eigenvalue weighted by molar-refractivity contribution is -0.139. The Labute approximate surface area is 211 Å². The van der Waals surface area contributed by atoms with Gasteiger partial charge in [0.1, 0.15) is 28.5 Å². The van der Waals surface area contributed by atoms with E-state index >= 15 is 0 Å². The highest BCUT2D eigenvalue weighted by atomic mass is 32.2. The van der Waals surface area contributed by atoms with Crippen LogP contribution in [0, 0.1) is 22.7 Å². The summed E-state index contributed by atoms with van der Waals surface area (Å²) in [5, 5.41) is 21.9. The van der Waals surface area contributed by atoms with Crippen LogP contribution in [-0.4, -0.2) is 23.3 Å². The number of hydrogen-bond acceptors (Lipinski definition) is 9. The van der Waals surface area contributed by atoms with Crippen molar-refractivity contribution in [1.29, 1.82) is 10.5 Å². The first kappa shape index (κ1) is 24.1. The highest BCUT2D eigenvalue weighted by molar-refractivity contribution is 7.99. The molecule has 3 aromatic rings. The lowest BCUT2D eigenvalue weighted by Crippen LogP contribution is -2.27. The van der Waals surface area contributed by atoms with Gasteiger partial charge in [0.05, 0.1) is 40.0 Å². The van der Waals surface area contributed by atoms with Crippen molar-refractivity contribution in [3.05, 3.63) is 93.9 Å². The number of allylic oxidation sites excluding steroid dienone is 1. The third-order valence-corrected chi connectivity index (χ3v) is 7.10. The second kappa shape index (κ2) is 10.9. The van der Waals surface area contributed by atoms with E-state index in [4.69, 9.17) is 15.2 Å². The number of pyridine rings is 1. The van der Waals surface area contributed by atoms with Crippen molar-refractivity contribution in [3.8, 4) is 22.7 Å². The monoisotopic (exact) mass is 500 g/mol. The molecular weight excluding hydrogens is 480 g/mol. The fraction of sp³-hybridized carbons (Fsp3) is 0.154. The fourth-order valence-electron chi connectivity index (χ4n) is 3.67. The van der Waals surface area contributed by atoms with Crippen LogP contribution in [0.25, 0.3) is 10.6 Å². The number of benzene rings is 1. The van der Waals surface area contributed by atoms with E-state index in [1.54, 1.807) is 30.4 Å². The van der Waals surface area contributed by atoms with E-state index in [0.29, 0.717) is 10.6 Å². The summed E-state index contributed by atoms with van der Waals surface area (Å²) in [6, 6.07) is 20.8. The quantitative estimate of drug-likeness (QED) is 0.351. The third-order valence-electron chi connectivity index (χ3n) is 5.22. The zero-order chi connectivity index (χ0) is 24.8. The summed E-state index contributed by atoms with van der Waals surface area (Å²) in [4.78, 5) is 18.7. The molecule has 35 heavy (non-hydrogen) atoms. The molecular formula is C26H20N4O3S2. The van der Waals surface area contributed by atoms with Crippen molar-refractivity contribution in [1.82, 2.24) is 4.98 Å². The molecule has 9 heteroatoms. The number of thiophene rings is 1. The first-order valence-electron chi connectivity index (χ1n) is 10.7. The highest BCUT2D eigenvalue weighted by Crippen LogP contribution is 2.41. The van der Waals surface area contributed by atoms with E-state index in [-0.39, 0.29) is 35.1 Å². The highest BCUT2D eigenvalue weighted by Gasteiger charge is 2.37. The Balaban J connectivity index is 1.75. The Kier molecular flexibility index (Phi) is 7.51. The van der Waals surface area contributed by atoms with E-state index in [0.717, 1.165) is 16.1 Å². The van der Waals surface area contributed by atoms with Gasteiger partial charge < -0.3 is 15.2 Å². The Morgan fingerprint density at radius 1 is 1.17 bits per heavy atom. The molecule has 0 fully saturated rings. The number of ether oxygens (including phenoxy) is 2. The number of rotatable bonds is 7. The molecule has 1 aliphatic rings. The van der Waals surface area contributed by atoms with Gasteiger partial charge in [0, 0.05) is 0 Å². The van der Waals surface area contributed by atoms with Crippen molar-refractivity contribution in [2.24, 2.45) is 5.73 Å². The number of thioether (sulfide) groups is 1. The number of esters is 1. The van der Waals surface area contributed by atoms with Crippen molar-refractivity contribution in [3.63, 3.8) is 0 Å². The summed E-state index contributed by atoms with van der Waals surface area (Å²) >= 11 is 2.81. The van der Waals surface area contributed by atoms with Gasteiger partial charge in [0.2, 0.25) is 5.88 Å². The van der Waals surface area contributed by atoms with E-state index in [2.05, 4.69) is 17.1 Å². The number of carbonyl (C=O) groups is 1. The molecule has 3 heterocycles. The predicted molar refractivity (Wildman–Crippen MR) is 134 cm³/mol. The summed E-state index contributed by atoms with van der Waals surface area (Å²) in [6.07, 6.45) is 0. The number of hydrogen-bond donors (Lipinski definition) is 1. The molecule has 7 nitrogen and oxygen atoms in total. The first-order chi connectivity index (χ1) is 17.1. The summed E-state index contributed by atoms with van der Waals surface area (Å²) in [5.41, 5.74) is 8.36. The molecule has 2 N–H and O–H groups in total. The minimum Gasteiger partial charge on any atom is -0.463 e. The maximum atomic E-state index is 13.1. The van der Waals surface area contributed by atoms with Crippen molar-refractivity contribution >= 4 is 29.1 Å². The number of nitrogens with zero attached hydrogens (tertiary/aromatic N) is 3. The predicted octanol–water partition coefficient (Wildman–Crippen LogP) is 5.10. The van der Waals surface area contributed by atoms with Gasteiger partial charge in [-0.2, -0.15) is 10.5 Å². The van der Waals surface area contributed by atoms with Gasteiger partial charge in [-0.25, -0.2) is 9.78 Å². The molecule has 1 aromatic carbocycles. The van der Waals surface area contributed by atoms with E-state index in [9.17, 15) is 15.3 Å². The third kappa shape index (κ3) is 5.07. The molecule has 0 amide bonds. The van der Waals surface area contributed by atoms with Crippen LogP contribution in [-0.2, 0) is 14.3 Å². The van der Waals surface area contributed by atoms with Crippen LogP contribution in [0.5, 0.6) is 0 Å². The van der Waals surface area contributed by atoms with Crippen LogP contribution >= 0.6 is 23.1 Å². The van der Waals surface area contributed by atoms with E-state index < -0.39 is 11.9 Å². The van der Waals surface area contributed by atoms with Crippen LogP contribution in [0.2, 0.25) is 0 Å². The Bertz CT molecular complexity index is 1380. The van der Waals surface area contributed by atoms with Gasteiger partial charge in [-0.1, -0.05) is 48.2 Å². The van der Waals surface area contributed by atoms with Crippen LogP contribution in [0.15, 0.2) is 87.8 Å². The summed E-state index contributed by atoms with van der Waals surface area (Å²) in [6.45, 7) is 1.87. The second-order valence-corrected chi connectivity index (χ2v) is 9.23. The summed E-state index contributed by atoms with van der Waals surface area (Å²) < 4.78 is 11.1. The standard InChI is InChI=1S/C26H20N4O3S2/c1-2-32-26(31)23-20(33-24(29)18(14-28)22(23)16-7-4-3-5-8-16)15-35-25-17(13-27)10-11-19(30-25)21-9-6-12-34-21/h3-12,22H,2,15,29H2,1H3/t22-/m0/s1. The molecule has 1 atom stereocenters. The smallest absolute Gasteiger partial charge is 0.338 e. The fourth-order valence-corrected chi connectivity index (χ4v) is 5.28. The zero-order valence-corrected chi connectivity index (χ0v) is 20.4.